The van der Waals surface area contributed by atoms with Crippen molar-refractivity contribution in [2.24, 2.45) is 0 Å². The molecule has 0 aliphatic heterocycles. The van der Waals surface area contributed by atoms with E-state index in [2.05, 4.69) is 36.6 Å². The van der Waals surface area contributed by atoms with Crippen LogP contribution in [0.4, 0.5) is 5.69 Å². The lowest BCUT2D eigenvalue weighted by Gasteiger charge is -2.11. The number of benzene rings is 2. The summed E-state index contributed by atoms with van der Waals surface area (Å²) < 4.78 is 28.6. The van der Waals surface area contributed by atoms with Crippen LogP contribution in [0.3, 0.4) is 0 Å². The number of rotatable bonds is 3. The second kappa shape index (κ2) is 6.05. The Morgan fingerprint density at radius 3 is 2.45 bits per heavy atom. The fraction of sp³-hybridized carbons (Fsp3) is 0.0769. The minimum absolute atomic E-state index is 0.0378. The van der Waals surface area contributed by atoms with E-state index in [0.29, 0.717) is 10.2 Å². The van der Waals surface area contributed by atoms with Gasteiger partial charge < -0.3 is 0 Å². The Hall–Kier alpha value is -0.560. The first-order valence-corrected chi connectivity index (χ1v) is 8.98. The van der Waals surface area contributed by atoms with Gasteiger partial charge in [-0.1, -0.05) is 33.6 Å². The van der Waals surface area contributed by atoms with Gasteiger partial charge in [-0.2, -0.15) is 0 Å². The van der Waals surface area contributed by atoms with Crippen LogP contribution >= 0.6 is 43.5 Å². The number of anilines is 1. The quantitative estimate of drug-likeness (QED) is 0.734. The van der Waals surface area contributed by atoms with Gasteiger partial charge in [0.15, 0.2) is 0 Å². The number of aryl methyl sites for hydroxylation is 1. The molecule has 0 aromatic heterocycles. The average molecular weight is 440 g/mol. The Labute approximate surface area is 139 Å². The van der Waals surface area contributed by atoms with E-state index in [1.807, 2.05) is 13.0 Å². The number of hydrogen-bond acceptors (Lipinski definition) is 2. The van der Waals surface area contributed by atoms with Crippen molar-refractivity contribution in [3.05, 3.63) is 55.9 Å². The Kier molecular flexibility index (Phi) is 4.79. The predicted molar refractivity (Wildman–Crippen MR) is 88.8 cm³/mol. The Bertz CT molecular complexity index is 763. The van der Waals surface area contributed by atoms with Crippen LogP contribution in [-0.4, -0.2) is 8.42 Å². The molecule has 0 heterocycles. The Morgan fingerprint density at radius 1 is 1.10 bits per heavy atom. The van der Waals surface area contributed by atoms with E-state index in [1.54, 1.807) is 24.3 Å². The Balaban J connectivity index is 2.43. The highest BCUT2D eigenvalue weighted by Gasteiger charge is 2.19. The largest absolute Gasteiger partial charge is 0.278 e. The van der Waals surface area contributed by atoms with Crippen LogP contribution in [0.2, 0.25) is 5.02 Å². The van der Waals surface area contributed by atoms with Crippen LogP contribution in [0.1, 0.15) is 5.56 Å². The predicted octanol–water partition coefficient (Wildman–Crippen LogP) is 4.97. The minimum atomic E-state index is -3.73. The molecule has 0 amide bonds. The van der Waals surface area contributed by atoms with Crippen LogP contribution in [0.5, 0.6) is 0 Å². The topological polar surface area (TPSA) is 46.2 Å². The maximum absolute atomic E-state index is 12.4. The first-order valence-electron chi connectivity index (χ1n) is 5.53. The SMILES string of the molecule is Cc1ccc(Br)c(NS(=O)(=O)c2ccc(Br)cc2Cl)c1. The van der Waals surface area contributed by atoms with Gasteiger partial charge in [-0.15, -0.1) is 0 Å². The van der Waals surface area contributed by atoms with Gasteiger partial charge >= 0.3 is 0 Å². The molecule has 0 radical (unpaired) electrons. The summed E-state index contributed by atoms with van der Waals surface area (Å²) in [6.45, 7) is 1.89. The third-order valence-corrected chi connectivity index (χ3v) is 5.58. The molecule has 3 nitrogen and oxygen atoms in total. The third kappa shape index (κ3) is 3.55. The van der Waals surface area contributed by atoms with Crippen LogP contribution in [0, 0.1) is 6.92 Å². The molecule has 0 atom stereocenters. The van der Waals surface area contributed by atoms with Crippen molar-refractivity contribution >= 4 is 59.2 Å². The summed E-state index contributed by atoms with van der Waals surface area (Å²) in [5.74, 6) is 0. The van der Waals surface area contributed by atoms with Crippen molar-refractivity contribution in [1.82, 2.24) is 0 Å². The van der Waals surface area contributed by atoms with Gasteiger partial charge in [0.1, 0.15) is 4.90 Å². The molecule has 7 heteroatoms. The number of nitrogens with one attached hydrogen (secondary N) is 1. The van der Waals surface area contributed by atoms with E-state index in [4.69, 9.17) is 11.6 Å². The Morgan fingerprint density at radius 2 is 1.80 bits per heavy atom. The molecule has 0 aliphatic rings. The fourth-order valence-corrected chi connectivity index (χ4v) is 4.20. The molecule has 2 aromatic rings. The van der Waals surface area contributed by atoms with E-state index >= 15 is 0 Å². The second-order valence-electron chi connectivity index (χ2n) is 4.16. The maximum Gasteiger partial charge on any atom is 0.263 e. The zero-order valence-corrected chi connectivity index (χ0v) is 15.1. The zero-order chi connectivity index (χ0) is 14.9. The lowest BCUT2D eigenvalue weighted by atomic mass is 10.2. The molecular weight excluding hydrogens is 429 g/mol. The minimum Gasteiger partial charge on any atom is -0.278 e. The highest BCUT2D eigenvalue weighted by Crippen LogP contribution is 2.30. The van der Waals surface area contributed by atoms with E-state index < -0.39 is 10.0 Å². The van der Waals surface area contributed by atoms with Gasteiger partial charge in [-0.25, -0.2) is 8.42 Å². The van der Waals surface area contributed by atoms with Gasteiger partial charge in [-0.05, 0) is 58.7 Å². The second-order valence-corrected chi connectivity index (χ2v) is 7.99. The molecule has 0 fully saturated rings. The molecule has 0 saturated carbocycles. The average Bonchev–Trinajstić information content (AvgIpc) is 2.33. The molecule has 0 unspecified atom stereocenters. The van der Waals surface area contributed by atoms with Crippen molar-refractivity contribution in [2.75, 3.05) is 4.72 Å². The molecule has 0 saturated heterocycles. The fourth-order valence-electron chi connectivity index (χ4n) is 1.61. The van der Waals surface area contributed by atoms with Crippen molar-refractivity contribution in [1.29, 1.82) is 0 Å². The summed E-state index contributed by atoms with van der Waals surface area (Å²) in [4.78, 5) is 0.0378. The van der Waals surface area contributed by atoms with Crippen LogP contribution in [0.15, 0.2) is 50.2 Å². The summed E-state index contributed by atoms with van der Waals surface area (Å²) >= 11 is 12.6. The van der Waals surface area contributed by atoms with E-state index in [-0.39, 0.29) is 9.92 Å². The van der Waals surface area contributed by atoms with Gasteiger partial charge in [-0.3, -0.25) is 4.72 Å². The smallest absolute Gasteiger partial charge is 0.263 e. The standard InChI is InChI=1S/C13H10Br2ClNO2S/c1-8-2-4-10(15)12(6-8)17-20(18,19)13-5-3-9(14)7-11(13)16/h2-7,17H,1H3. The molecule has 1 N–H and O–H groups in total. The summed E-state index contributed by atoms with van der Waals surface area (Å²) in [7, 11) is -3.73. The summed E-state index contributed by atoms with van der Waals surface area (Å²) in [6.07, 6.45) is 0. The van der Waals surface area contributed by atoms with E-state index in [9.17, 15) is 8.42 Å². The molecule has 0 spiro atoms. The zero-order valence-electron chi connectivity index (χ0n) is 10.3. The van der Waals surface area contributed by atoms with Crippen molar-refractivity contribution in [2.45, 2.75) is 11.8 Å². The van der Waals surface area contributed by atoms with Gasteiger partial charge in [0.25, 0.3) is 10.0 Å². The van der Waals surface area contributed by atoms with E-state index in [0.717, 1.165) is 10.0 Å². The highest BCUT2D eigenvalue weighted by atomic mass is 79.9. The normalized spacial score (nSPS) is 11.4. The summed E-state index contributed by atoms with van der Waals surface area (Å²) in [5, 5.41) is 0.163. The van der Waals surface area contributed by atoms with Gasteiger partial charge in [0, 0.05) is 8.95 Å². The molecular formula is C13H10Br2ClNO2S. The number of sulfonamides is 1. The molecule has 2 aromatic carbocycles. The van der Waals surface area contributed by atoms with Crippen molar-refractivity contribution in [3.8, 4) is 0 Å². The summed E-state index contributed by atoms with van der Waals surface area (Å²) in [6, 6.07) is 10.0. The van der Waals surface area contributed by atoms with Crippen LogP contribution in [-0.2, 0) is 10.0 Å². The van der Waals surface area contributed by atoms with Crippen LogP contribution < -0.4 is 4.72 Å². The van der Waals surface area contributed by atoms with E-state index in [1.165, 1.54) is 6.07 Å². The first kappa shape index (κ1) is 15.8. The molecule has 0 bridgehead atoms. The molecule has 106 valence electrons. The maximum atomic E-state index is 12.4. The number of hydrogen-bond donors (Lipinski definition) is 1. The lowest BCUT2D eigenvalue weighted by Crippen LogP contribution is -2.14. The first-order chi connectivity index (χ1) is 9.29. The number of halogens is 3. The lowest BCUT2D eigenvalue weighted by molar-refractivity contribution is 0.601. The highest BCUT2D eigenvalue weighted by molar-refractivity contribution is 9.10. The molecule has 20 heavy (non-hydrogen) atoms. The van der Waals surface area contributed by atoms with Crippen molar-refractivity contribution in [3.63, 3.8) is 0 Å². The third-order valence-electron chi connectivity index (χ3n) is 2.55. The molecule has 0 aliphatic carbocycles. The van der Waals surface area contributed by atoms with Crippen LogP contribution in [0.25, 0.3) is 0 Å². The van der Waals surface area contributed by atoms with Gasteiger partial charge in [0.05, 0.1) is 10.7 Å². The summed E-state index contributed by atoms with van der Waals surface area (Å²) in [5.41, 5.74) is 1.43. The molecule has 2 rings (SSSR count). The van der Waals surface area contributed by atoms with Crippen molar-refractivity contribution < 1.29 is 8.42 Å². The van der Waals surface area contributed by atoms with Gasteiger partial charge in [0.2, 0.25) is 0 Å². The monoisotopic (exact) mass is 437 g/mol.